The lowest BCUT2D eigenvalue weighted by Crippen LogP contribution is -2.34. The van der Waals surface area contributed by atoms with Gasteiger partial charge in [-0.05, 0) is 55.5 Å². The molecule has 0 saturated heterocycles. The Balaban J connectivity index is 2.10. The Hall–Kier alpha value is -2.58. The molecule has 0 saturated carbocycles. The van der Waals surface area contributed by atoms with Crippen LogP contribution in [0.15, 0.2) is 53.4 Å². The van der Waals surface area contributed by atoms with Gasteiger partial charge in [0, 0.05) is 24.8 Å². The van der Waals surface area contributed by atoms with Gasteiger partial charge in [-0.15, -0.1) is 0 Å². The molecule has 0 spiro atoms. The number of anilines is 1. The molecule has 1 amide bonds. The van der Waals surface area contributed by atoms with E-state index in [1.807, 2.05) is 0 Å². The summed E-state index contributed by atoms with van der Waals surface area (Å²) >= 11 is 5.77. The first-order valence-corrected chi connectivity index (χ1v) is 9.77. The molecule has 144 valence electrons. The Labute approximate surface area is 162 Å². The standard InChI is InChI=1S/C18H19ClN2O5S/c1-12(17(22)21(2)3)26-18(23)13-4-10-16(11-5-13)27(24,25)20-15-8-6-14(19)7-9-15/h4-12,20H,1-3H3/t12-/m0/s1. The number of rotatable bonds is 6. The second kappa shape index (κ2) is 8.41. The van der Waals surface area contributed by atoms with E-state index in [1.54, 1.807) is 26.2 Å². The van der Waals surface area contributed by atoms with Gasteiger partial charge in [-0.2, -0.15) is 0 Å². The van der Waals surface area contributed by atoms with Crippen LogP contribution in [0.3, 0.4) is 0 Å². The highest BCUT2D eigenvalue weighted by Crippen LogP contribution is 2.19. The van der Waals surface area contributed by atoms with E-state index in [0.29, 0.717) is 10.7 Å². The van der Waals surface area contributed by atoms with Gasteiger partial charge in [0.25, 0.3) is 15.9 Å². The molecule has 2 rings (SSSR count). The molecule has 0 bridgehead atoms. The molecular weight excluding hydrogens is 392 g/mol. The lowest BCUT2D eigenvalue weighted by molar-refractivity contribution is -0.137. The second-order valence-electron chi connectivity index (χ2n) is 5.92. The number of hydrogen-bond acceptors (Lipinski definition) is 5. The van der Waals surface area contributed by atoms with Crippen molar-refractivity contribution in [3.63, 3.8) is 0 Å². The van der Waals surface area contributed by atoms with Crippen LogP contribution in [-0.2, 0) is 19.6 Å². The van der Waals surface area contributed by atoms with Gasteiger partial charge >= 0.3 is 5.97 Å². The summed E-state index contributed by atoms with van der Waals surface area (Å²) in [5, 5.41) is 0.489. The summed E-state index contributed by atoms with van der Waals surface area (Å²) in [6, 6.07) is 11.4. The topological polar surface area (TPSA) is 92.8 Å². The quantitative estimate of drug-likeness (QED) is 0.739. The van der Waals surface area contributed by atoms with Crippen LogP contribution in [0.4, 0.5) is 5.69 Å². The van der Waals surface area contributed by atoms with E-state index < -0.39 is 22.1 Å². The maximum Gasteiger partial charge on any atom is 0.338 e. The average Bonchev–Trinajstić information content (AvgIpc) is 2.62. The third kappa shape index (κ3) is 5.45. The van der Waals surface area contributed by atoms with Gasteiger partial charge < -0.3 is 9.64 Å². The largest absolute Gasteiger partial charge is 0.449 e. The average molecular weight is 411 g/mol. The summed E-state index contributed by atoms with van der Waals surface area (Å²) in [5.74, 6) is -1.07. The molecule has 0 aliphatic carbocycles. The van der Waals surface area contributed by atoms with Gasteiger partial charge in [-0.3, -0.25) is 9.52 Å². The highest BCUT2D eigenvalue weighted by atomic mass is 35.5. The van der Waals surface area contributed by atoms with Crippen LogP contribution in [-0.4, -0.2) is 45.4 Å². The third-order valence-corrected chi connectivity index (χ3v) is 5.22. The number of benzene rings is 2. The number of carbonyl (C=O) groups is 2. The Morgan fingerprint density at radius 3 is 2.11 bits per heavy atom. The van der Waals surface area contributed by atoms with Crippen molar-refractivity contribution >= 4 is 39.2 Å². The highest BCUT2D eigenvalue weighted by molar-refractivity contribution is 7.92. The molecule has 0 fully saturated rings. The van der Waals surface area contributed by atoms with Crippen LogP contribution in [0.25, 0.3) is 0 Å². The van der Waals surface area contributed by atoms with Crippen LogP contribution in [0.1, 0.15) is 17.3 Å². The summed E-state index contributed by atoms with van der Waals surface area (Å²) in [6.07, 6.45) is -0.942. The van der Waals surface area contributed by atoms with Gasteiger partial charge in [-0.25, -0.2) is 13.2 Å². The summed E-state index contributed by atoms with van der Waals surface area (Å²) in [7, 11) is -0.711. The van der Waals surface area contributed by atoms with Crippen LogP contribution < -0.4 is 4.72 Å². The third-order valence-electron chi connectivity index (χ3n) is 3.57. The first-order chi connectivity index (χ1) is 12.6. The van der Waals surface area contributed by atoms with Gasteiger partial charge in [-0.1, -0.05) is 11.6 Å². The van der Waals surface area contributed by atoms with Crippen LogP contribution in [0.5, 0.6) is 0 Å². The Morgan fingerprint density at radius 1 is 1.04 bits per heavy atom. The molecule has 1 N–H and O–H groups in total. The fourth-order valence-electron chi connectivity index (χ4n) is 2.14. The number of amides is 1. The lowest BCUT2D eigenvalue weighted by atomic mass is 10.2. The molecule has 0 aliphatic heterocycles. The number of hydrogen-bond donors (Lipinski definition) is 1. The van der Waals surface area contributed by atoms with Crippen molar-refractivity contribution in [1.29, 1.82) is 0 Å². The molecule has 0 heterocycles. The lowest BCUT2D eigenvalue weighted by Gasteiger charge is -2.17. The number of sulfonamides is 1. The van der Waals surface area contributed by atoms with Crippen molar-refractivity contribution in [2.24, 2.45) is 0 Å². The smallest absolute Gasteiger partial charge is 0.338 e. The van der Waals surface area contributed by atoms with Gasteiger partial charge in [0.1, 0.15) is 0 Å². The molecule has 2 aromatic carbocycles. The van der Waals surface area contributed by atoms with Crippen molar-refractivity contribution in [3.8, 4) is 0 Å². The molecule has 2 aromatic rings. The molecule has 1 atom stereocenters. The minimum Gasteiger partial charge on any atom is -0.449 e. The van der Waals surface area contributed by atoms with Crippen molar-refractivity contribution < 1.29 is 22.7 Å². The minimum absolute atomic E-state index is 0.0218. The number of esters is 1. The summed E-state index contributed by atoms with van der Waals surface area (Å²) in [5.41, 5.74) is 0.498. The summed E-state index contributed by atoms with van der Waals surface area (Å²) in [4.78, 5) is 25.1. The molecule has 7 nitrogen and oxygen atoms in total. The predicted molar refractivity (Wildman–Crippen MR) is 102 cm³/mol. The first kappa shape index (κ1) is 20.7. The fraction of sp³-hybridized carbons (Fsp3) is 0.222. The number of likely N-dealkylation sites (N-methyl/N-ethyl adjacent to an activating group) is 1. The van der Waals surface area contributed by atoms with Crippen molar-refractivity contribution in [2.75, 3.05) is 18.8 Å². The molecule has 9 heteroatoms. The fourth-order valence-corrected chi connectivity index (χ4v) is 3.33. The maximum atomic E-state index is 12.4. The van der Waals surface area contributed by atoms with Crippen molar-refractivity contribution in [1.82, 2.24) is 4.90 Å². The number of carbonyl (C=O) groups excluding carboxylic acids is 2. The predicted octanol–water partition coefficient (Wildman–Crippen LogP) is 2.77. The maximum absolute atomic E-state index is 12.4. The summed E-state index contributed by atoms with van der Waals surface area (Å²) < 4.78 is 32.3. The van der Waals surface area contributed by atoms with E-state index >= 15 is 0 Å². The van der Waals surface area contributed by atoms with Crippen LogP contribution >= 0.6 is 11.6 Å². The molecule has 27 heavy (non-hydrogen) atoms. The zero-order valence-corrected chi connectivity index (χ0v) is 16.5. The molecule has 0 aromatic heterocycles. The molecule has 0 radical (unpaired) electrons. The zero-order valence-electron chi connectivity index (χ0n) is 15.0. The monoisotopic (exact) mass is 410 g/mol. The Bertz CT molecular complexity index is 925. The minimum atomic E-state index is -3.82. The number of halogens is 1. The van der Waals surface area contributed by atoms with Gasteiger partial charge in [0.05, 0.1) is 10.5 Å². The Morgan fingerprint density at radius 2 is 1.59 bits per heavy atom. The van der Waals surface area contributed by atoms with Crippen LogP contribution in [0, 0.1) is 0 Å². The van der Waals surface area contributed by atoms with Crippen LogP contribution in [0.2, 0.25) is 5.02 Å². The molecular formula is C18H19ClN2O5S. The van der Waals surface area contributed by atoms with Crippen molar-refractivity contribution in [2.45, 2.75) is 17.9 Å². The Kier molecular flexibility index (Phi) is 6.45. The van der Waals surface area contributed by atoms with E-state index in [1.165, 1.54) is 48.2 Å². The van der Waals surface area contributed by atoms with E-state index in [2.05, 4.69) is 4.72 Å². The normalized spacial score (nSPS) is 12.1. The number of nitrogens with zero attached hydrogens (tertiary/aromatic N) is 1. The van der Waals surface area contributed by atoms with E-state index in [0.717, 1.165) is 0 Å². The van der Waals surface area contributed by atoms with Crippen molar-refractivity contribution in [3.05, 3.63) is 59.1 Å². The SMILES string of the molecule is C[C@H](OC(=O)c1ccc(S(=O)(=O)Nc2ccc(Cl)cc2)cc1)C(=O)N(C)C. The van der Waals surface area contributed by atoms with Gasteiger partial charge in [0.2, 0.25) is 0 Å². The molecule has 0 unspecified atom stereocenters. The second-order valence-corrected chi connectivity index (χ2v) is 8.04. The number of ether oxygens (including phenoxy) is 1. The van der Waals surface area contributed by atoms with Gasteiger partial charge in [0.15, 0.2) is 6.10 Å². The van der Waals surface area contributed by atoms with E-state index in [9.17, 15) is 18.0 Å². The number of nitrogens with one attached hydrogen (secondary N) is 1. The first-order valence-electron chi connectivity index (χ1n) is 7.91. The highest BCUT2D eigenvalue weighted by Gasteiger charge is 2.21. The molecule has 0 aliphatic rings. The summed E-state index contributed by atoms with van der Waals surface area (Å²) in [6.45, 7) is 1.47. The van der Waals surface area contributed by atoms with E-state index in [4.69, 9.17) is 16.3 Å². The zero-order chi connectivity index (χ0) is 20.2. The van der Waals surface area contributed by atoms with E-state index in [-0.39, 0.29) is 16.4 Å².